The van der Waals surface area contributed by atoms with Gasteiger partial charge in [0.2, 0.25) is 5.91 Å². The number of alkyl halides is 3. The lowest BCUT2D eigenvalue weighted by molar-refractivity contribution is -0.192. The van der Waals surface area contributed by atoms with Gasteiger partial charge in [0.05, 0.1) is 40.8 Å². The summed E-state index contributed by atoms with van der Waals surface area (Å²) in [6.07, 6.45) is 0.947. The van der Waals surface area contributed by atoms with Crippen molar-refractivity contribution in [3.05, 3.63) is 69.2 Å². The van der Waals surface area contributed by atoms with Crippen molar-refractivity contribution in [1.82, 2.24) is 10.6 Å². The van der Waals surface area contributed by atoms with E-state index in [1.54, 1.807) is 30.3 Å². The molecule has 2 aliphatic carbocycles. The van der Waals surface area contributed by atoms with Crippen LogP contribution in [0.3, 0.4) is 0 Å². The number of carbonyl (C=O) groups is 2. The molecule has 2 atom stereocenters. The highest BCUT2D eigenvalue weighted by Crippen LogP contribution is 2.57. The molecular formula is C27H26BrClF3N5O3. The molecule has 1 heterocycles. The SMILES string of the molecule is COc1cc2c(cc1C(=O)NC1C=CC(Br)=CC1)NC(Nc1cc(CNC(=O)C3(C(F)(F)F)CC3)ccc1Cl)N2. The molecule has 3 aliphatic rings. The van der Waals surface area contributed by atoms with Gasteiger partial charge in [-0.15, -0.1) is 0 Å². The maximum Gasteiger partial charge on any atom is 0.403 e. The van der Waals surface area contributed by atoms with E-state index >= 15 is 0 Å². The van der Waals surface area contributed by atoms with Crippen molar-refractivity contribution in [2.24, 2.45) is 5.41 Å². The molecule has 5 N–H and O–H groups in total. The Hall–Kier alpha value is -3.38. The van der Waals surface area contributed by atoms with E-state index in [2.05, 4.69) is 42.5 Å². The fourth-order valence-corrected chi connectivity index (χ4v) is 5.11. The molecule has 0 spiro atoms. The number of fused-ring (bicyclic) bond motifs is 1. The molecule has 13 heteroatoms. The first-order valence-electron chi connectivity index (χ1n) is 12.5. The highest BCUT2D eigenvalue weighted by atomic mass is 79.9. The lowest BCUT2D eigenvalue weighted by atomic mass is 10.1. The number of nitrogens with one attached hydrogen (secondary N) is 5. The summed E-state index contributed by atoms with van der Waals surface area (Å²) in [5.74, 6) is -0.905. The van der Waals surface area contributed by atoms with Crippen molar-refractivity contribution in [2.75, 3.05) is 23.1 Å². The third-order valence-corrected chi connectivity index (χ3v) is 7.98. The lowest BCUT2D eigenvalue weighted by Crippen LogP contribution is -2.40. The maximum absolute atomic E-state index is 13.2. The van der Waals surface area contributed by atoms with Crippen molar-refractivity contribution in [2.45, 2.75) is 44.3 Å². The summed E-state index contributed by atoms with van der Waals surface area (Å²) in [4.78, 5) is 25.2. The molecule has 1 fully saturated rings. The van der Waals surface area contributed by atoms with Crippen LogP contribution in [0.1, 0.15) is 35.2 Å². The second kappa shape index (κ2) is 10.9. The van der Waals surface area contributed by atoms with Gasteiger partial charge in [-0.05, 0) is 43.0 Å². The van der Waals surface area contributed by atoms with Gasteiger partial charge in [0, 0.05) is 17.1 Å². The third kappa shape index (κ3) is 5.73. The number of hydrogen-bond donors (Lipinski definition) is 5. The standard InChI is InChI=1S/C27H26BrClF3N5O3/c1-40-22-12-21-20(11-17(22)23(38)34-16-5-3-15(28)4-6-16)36-25(37-21)35-19-10-14(2-7-18(19)29)13-33-24(39)26(8-9-26)27(30,31)32/h2-5,7,10-12,16,25,35-37H,6,8-9,13H2,1H3,(H,33,39)(H,34,38). The molecule has 1 saturated carbocycles. The van der Waals surface area contributed by atoms with Crippen LogP contribution in [0, 0.1) is 5.41 Å². The Labute approximate surface area is 241 Å². The number of halogens is 5. The minimum Gasteiger partial charge on any atom is -0.496 e. The Morgan fingerprint density at radius 3 is 2.52 bits per heavy atom. The van der Waals surface area contributed by atoms with Crippen molar-refractivity contribution in [3.8, 4) is 5.75 Å². The van der Waals surface area contributed by atoms with E-state index in [4.69, 9.17) is 16.3 Å². The van der Waals surface area contributed by atoms with Gasteiger partial charge in [-0.25, -0.2) is 0 Å². The molecule has 40 heavy (non-hydrogen) atoms. The average Bonchev–Trinajstić information content (AvgIpc) is 3.65. The van der Waals surface area contributed by atoms with E-state index in [1.165, 1.54) is 7.11 Å². The second-order valence-corrected chi connectivity index (χ2v) is 11.1. The smallest absolute Gasteiger partial charge is 0.403 e. The summed E-state index contributed by atoms with van der Waals surface area (Å²) in [7, 11) is 1.49. The number of allylic oxidation sites excluding steroid dienone is 2. The number of anilines is 3. The van der Waals surface area contributed by atoms with E-state index in [1.807, 2.05) is 18.2 Å². The van der Waals surface area contributed by atoms with Gasteiger partial charge in [0.15, 0.2) is 6.29 Å². The zero-order valence-corrected chi connectivity index (χ0v) is 23.6. The van der Waals surface area contributed by atoms with Crippen LogP contribution >= 0.6 is 27.5 Å². The minimum absolute atomic E-state index is 0.0765. The van der Waals surface area contributed by atoms with Crippen molar-refractivity contribution >= 4 is 56.4 Å². The summed E-state index contributed by atoms with van der Waals surface area (Å²) < 4.78 is 46.1. The van der Waals surface area contributed by atoms with Crippen LogP contribution in [-0.4, -0.2) is 37.4 Å². The Morgan fingerprint density at radius 1 is 1.18 bits per heavy atom. The average molecular weight is 641 g/mol. The Morgan fingerprint density at radius 2 is 1.90 bits per heavy atom. The van der Waals surface area contributed by atoms with Crippen LogP contribution in [0.4, 0.5) is 30.2 Å². The summed E-state index contributed by atoms with van der Waals surface area (Å²) in [5, 5.41) is 15.4. The molecule has 212 valence electrons. The number of benzene rings is 2. The first-order valence-corrected chi connectivity index (χ1v) is 13.7. The molecule has 0 saturated heterocycles. The number of ether oxygens (including phenoxy) is 1. The molecule has 0 radical (unpaired) electrons. The zero-order valence-electron chi connectivity index (χ0n) is 21.2. The summed E-state index contributed by atoms with van der Waals surface area (Å²) in [5.41, 5.74) is 0.511. The van der Waals surface area contributed by atoms with E-state index in [-0.39, 0.29) is 31.3 Å². The number of rotatable bonds is 8. The summed E-state index contributed by atoms with van der Waals surface area (Å²) >= 11 is 9.78. The summed E-state index contributed by atoms with van der Waals surface area (Å²) in [6, 6.07) is 8.16. The Balaban J connectivity index is 1.24. The number of amides is 2. The number of hydrogen-bond acceptors (Lipinski definition) is 6. The zero-order chi connectivity index (χ0) is 28.7. The molecule has 1 aliphatic heterocycles. The van der Waals surface area contributed by atoms with Gasteiger partial charge in [-0.3, -0.25) is 9.59 Å². The monoisotopic (exact) mass is 639 g/mol. The summed E-state index contributed by atoms with van der Waals surface area (Å²) in [6.45, 7) is -0.0765. The minimum atomic E-state index is -4.57. The van der Waals surface area contributed by atoms with Crippen molar-refractivity contribution in [3.63, 3.8) is 0 Å². The van der Waals surface area contributed by atoms with Crippen LogP contribution < -0.4 is 31.3 Å². The molecule has 2 aromatic carbocycles. The second-order valence-electron chi connectivity index (χ2n) is 9.80. The maximum atomic E-state index is 13.2. The molecule has 8 nitrogen and oxygen atoms in total. The van der Waals surface area contributed by atoms with Gasteiger partial charge < -0.3 is 31.3 Å². The fourth-order valence-electron chi connectivity index (χ4n) is 4.60. The van der Waals surface area contributed by atoms with Gasteiger partial charge in [-0.1, -0.05) is 51.8 Å². The van der Waals surface area contributed by atoms with E-state index in [9.17, 15) is 22.8 Å². The van der Waals surface area contributed by atoms with E-state index in [0.29, 0.717) is 45.4 Å². The van der Waals surface area contributed by atoms with Crippen LogP contribution in [0.25, 0.3) is 0 Å². The normalized spacial score (nSPS) is 20.4. The highest BCUT2D eigenvalue weighted by Gasteiger charge is 2.68. The molecule has 2 unspecified atom stereocenters. The highest BCUT2D eigenvalue weighted by molar-refractivity contribution is 9.11. The number of methoxy groups -OCH3 is 1. The third-order valence-electron chi connectivity index (χ3n) is 7.07. The Bertz CT molecular complexity index is 1410. The van der Waals surface area contributed by atoms with Gasteiger partial charge in [0.1, 0.15) is 11.2 Å². The number of carbonyl (C=O) groups excluding carboxylic acids is 2. The molecule has 0 aromatic heterocycles. The van der Waals surface area contributed by atoms with Crippen LogP contribution in [0.2, 0.25) is 5.02 Å². The predicted octanol–water partition coefficient (Wildman–Crippen LogP) is 5.88. The largest absolute Gasteiger partial charge is 0.496 e. The topological polar surface area (TPSA) is 104 Å². The quantitative estimate of drug-likeness (QED) is 0.247. The van der Waals surface area contributed by atoms with Gasteiger partial charge in [-0.2, -0.15) is 13.2 Å². The predicted molar refractivity (Wildman–Crippen MR) is 151 cm³/mol. The van der Waals surface area contributed by atoms with Crippen LogP contribution in [0.5, 0.6) is 5.75 Å². The molecule has 2 aromatic rings. The molecule has 0 bridgehead atoms. The van der Waals surface area contributed by atoms with E-state index in [0.717, 1.165) is 4.48 Å². The van der Waals surface area contributed by atoms with E-state index < -0.39 is 23.8 Å². The van der Waals surface area contributed by atoms with Crippen molar-refractivity contribution in [1.29, 1.82) is 0 Å². The Kier molecular flexibility index (Phi) is 7.66. The lowest BCUT2D eigenvalue weighted by Gasteiger charge is -2.20. The van der Waals surface area contributed by atoms with Gasteiger partial charge in [0.25, 0.3) is 5.91 Å². The van der Waals surface area contributed by atoms with Crippen LogP contribution in [-0.2, 0) is 11.3 Å². The van der Waals surface area contributed by atoms with Crippen molar-refractivity contribution < 1.29 is 27.5 Å². The molecule has 5 rings (SSSR count). The fraction of sp³-hybridized carbons (Fsp3) is 0.333. The first kappa shape index (κ1) is 28.2. The molecular weight excluding hydrogens is 615 g/mol. The van der Waals surface area contributed by atoms with Crippen LogP contribution in [0.15, 0.2) is 53.0 Å². The first-order chi connectivity index (χ1) is 19.0. The van der Waals surface area contributed by atoms with Gasteiger partial charge >= 0.3 is 6.18 Å². The molecule has 2 amide bonds.